The van der Waals surface area contributed by atoms with Gasteiger partial charge in [0.05, 0.1) is 11.8 Å². The number of nitrogens with one attached hydrogen (secondary N) is 1. The molecular formula is C29H31ClN2O2S. The summed E-state index contributed by atoms with van der Waals surface area (Å²) >= 11 is 7.60. The molecule has 1 fully saturated rings. The number of amides is 2. The highest BCUT2D eigenvalue weighted by molar-refractivity contribution is 8.00. The Bertz CT molecular complexity index is 1190. The third-order valence-electron chi connectivity index (χ3n) is 6.32. The fraction of sp³-hybridized carbons (Fsp3) is 0.310. The zero-order valence-corrected chi connectivity index (χ0v) is 22.1. The van der Waals surface area contributed by atoms with Crippen LogP contribution in [0.4, 0.5) is 0 Å². The number of thioether (sulfide) groups is 1. The summed E-state index contributed by atoms with van der Waals surface area (Å²) in [6.45, 7) is 9.09. The van der Waals surface area contributed by atoms with E-state index in [1.54, 1.807) is 11.8 Å². The topological polar surface area (TPSA) is 49.4 Å². The Hall–Kier alpha value is -2.76. The summed E-state index contributed by atoms with van der Waals surface area (Å²) < 4.78 is 0. The Morgan fingerprint density at radius 2 is 1.66 bits per heavy atom. The van der Waals surface area contributed by atoms with E-state index in [1.807, 2.05) is 60.4 Å². The molecule has 0 saturated carbocycles. The highest BCUT2D eigenvalue weighted by Gasteiger charge is 2.32. The molecule has 0 radical (unpaired) electrons. The number of halogens is 1. The van der Waals surface area contributed by atoms with Crippen LogP contribution in [-0.2, 0) is 16.8 Å². The number of rotatable bonds is 6. The van der Waals surface area contributed by atoms with E-state index >= 15 is 0 Å². The van der Waals surface area contributed by atoms with Crippen LogP contribution >= 0.6 is 23.4 Å². The molecule has 35 heavy (non-hydrogen) atoms. The van der Waals surface area contributed by atoms with Crippen molar-refractivity contribution >= 4 is 35.2 Å². The summed E-state index contributed by atoms with van der Waals surface area (Å²) in [4.78, 5) is 27.3. The lowest BCUT2D eigenvalue weighted by atomic mass is 9.86. The van der Waals surface area contributed by atoms with Crippen LogP contribution < -0.4 is 5.32 Å². The molecule has 0 unspecified atom stereocenters. The second-order valence-electron chi connectivity index (χ2n) is 10.0. The highest BCUT2D eigenvalue weighted by atomic mass is 35.5. The molecular weight excluding hydrogens is 476 g/mol. The zero-order chi connectivity index (χ0) is 25.2. The van der Waals surface area contributed by atoms with Gasteiger partial charge in [-0.05, 0) is 58.9 Å². The van der Waals surface area contributed by atoms with Crippen LogP contribution in [0.25, 0.3) is 0 Å². The Balaban J connectivity index is 1.41. The van der Waals surface area contributed by atoms with E-state index in [0.717, 1.165) is 16.7 Å². The van der Waals surface area contributed by atoms with E-state index < -0.39 is 0 Å². The molecule has 3 aromatic rings. The molecule has 0 spiro atoms. The normalized spacial score (nSPS) is 16.9. The van der Waals surface area contributed by atoms with Crippen LogP contribution in [0.5, 0.6) is 0 Å². The van der Waals surface area contributed by atoms with E-state index in [-0.39, 0.29) is 28.6 Å². The number of hydrogen-bond acceptors (Lipinski definition) is 3. The van der Waals surface area contributed by atoms with Gasteiger partial charge in [-0.15, -0.1) is 11.8 Å². The van der Waals surface area contributed by atoms with Crippen molar-refractivity contribution in [3.63, 3.8) is 0 Å². The van der Waals surface area contributed by atoms with Crippen molar-refractivity contribution in [2.45, 2.75) is 51.1 Å². The lowest BCUT2D eigenvalue weighted by molar-refractivity contribution is -0.128. The van der Waals surface area contributed by atoms with Crippen molar-refractivity contribution in [1.29, 1.82) is 0 Å². The van der Waals surface area contributed by atoms with Crippen LogP contribution in [-0.4, -0.2) is 22.5 Å². The maximum atomic E-state index is 12.9. The average Bonchev–Trinajstić information content (AvgIpc) is 3.20. The lowest BCUT2D eigenvalue weighted by Crippen LogP contribution is -2.28. The fourth-order valence-electron chi connectivity index (χ4n) is 4.12. The summed E-state index contributed by atoms with van der Waals surface area (Å²) in [5.74, 6) is 0.451. The molecule has 4 nitrogen and oxygen atoms in total. The Morgan fingerprint density at radius 3 is 2.26 bits per heavy atom. The van der Waals surface area contributed by atoms with Crippen LogP contribution in [0, 0.1) is 0 Å². The van der Waals surface area contributed by atoms with Crippen molar-refractivity contribution in [3.05, 3.63) is 106 Å². The Morgan fingerprint density at radius 1 is 1.03 bits per heavy atom. The largest absolute Gasteiger partial charge is 0.346 e. The molecule has 2 amide bonds. The lowest BCUT2D eigenvalue weighted by Gasteiger charge is -2.24. The first kappa shape index (κ1) is 25.3. The number of carbonyl (C=O) groups is 2. The highest BCUT2D eigenvalue weighted by Crippen LogP contribution is 2.39. The van der Waals surface area contributed by atoms with Crippen LogP contribution in [0.1, 0.15) is 71.7 Å². The minimum absolute atomic E-state index is 0.0736. The van der Waals surface area contributed by atoms with E-state index in [2.05, 4.69) is 50.4 Å². The van der Waals surface area contributed by atoms with Crippen LogP contribution in [0.15, 0.2) is 72.8 Å². The molecule has 4 rings (SSSR count). The molecule has 1 N–H and O–H groups in total. The van der Waals surface area contributed by atoms with Crippen molar-refractivity contribution in [1.82, 2.24) is 10.2 Å². The summed E-state index contributed by atoms with van der Waals surface area (Å²) in [5, 5.41) is 3.70. The summed E-state index contributed by atoms with van der Waals surface area (Å²) in [5.41, 5.74) is 5.09. The fourth-order valence-corrected chi connectivity index (χ4v) is 5.44. The minimum atomic E-state index is -0.114. The first-order valence-electron chi connectivity index (χ1n) is 11.8. The quantitative estimate of drug-likeness (QED) is 0.395. The summed E-state index contributed by atoms with van der Waals surface area (Å²) in [6.07, 6.45) is 0. The molecule has 6 heteroatoms. The standard InChI is InChI=1S/C29H31ClN2O2S/c1-19(21-11-13-24(14-12-21)29(2,3)4)31-27(34)22-7-9-23(10-8-22)28-32(26(33)18-35-28)17-20-5-15-25(30)16-6-20/h5-16,19,28H,17-18H2,1-4H3,(H,31,34)/t19-,28+/m1/s1. The van der Waals surface area contributed by atoms with Crippen molar-refractivity contribution < 1.29 is 9.59 Å². The molecule has 0 aliphatic carbocycles. The second kappa shape index (κ2) is 10.5. The van der Waals surface area contributed by atoms with Gasteiger partial charge in [0.25, 0.3) is 5.91 Å². The number of carbonyl (C=O) groups excluding carboxylic acids is 2. The third-order valence-corrected chi connectivity index (χ3v) is 7.82. The van der Waals surface area contributed by atoms with Gasteiger partial charge < -0.3 is 10.2 Å². The number of benzene rings is 3. The van der Waals surface area contributed by atoms with E-state index in [9.17, 15) is 9.59 Å². The molecule has 3 aromatic carbocycles. The molecule has 0 bridgehead atoms. The van der Waals surface area contributed by atoms with Gasteiger partial charge in [0.2, 0.25) is 5.91 Å². The smallest absolute Gasteiger partial charge is 0.251 e. The zero-order valence-electron chi connectivity index (χ0n) is 20.5. The predicted octanol–water partition coefficient (Wildman–Crippen LogP) is 6.90. The first-order chi connectivity index (χ1) is 16.6. The van der Waals surface area contributed by atoms with Crippen molar-refractivity contribution in [2.24, 2.45) is 0 Å². The molecule has 2 atom stereocenters. The molecule has 1 saturated heterocycles. The predicted molar refractivity (Wildman–Crippen MR) is 145 cm³/mol. The van der Waals surface area contributed by atoms with Gasteiger partial charge >= 0.3 is 0 Å². The van der Waals surface area contributed by atoms with E-state index in [1.165, 1.54) is 5.56 Å². The monoisotopic (exact) mass is 506 g/mol. The Labute approximate surface area is 217 Å². The average molecular weight is 507 g/mol. The third kappa shape index (κ3) is 6.09. The number of nitrogens with zero attached hydrogens (tertiary/aromatic N) is 1. The van der Waals surface area contributed by atoms with Crippen molar-refractivity contribution in [3.8, 4) is 0 Å². The summed E-state index contributed by atoms with van der Waals surface area (Å²) in [6, 6.07) is 23.5. The van der Waals surface area contributed by atoms with Gasteiger partial charge in [-0.2, -0.15) is 0 Å². The molecule has 1 heterocycles. The molecule has 182 valence electrons. The van der Waals surface area contributed by atoms with Gasteiger partial charge in [0.1, 0.15) is 5.37 Å². The molecule has 1 aliphatic heterocycles. The number of hydrogen-bond donors (Lipinski definition) is 1. The molecule has 1 aliphatic rings. The van der Waals surface area contributed by atoms with E-state index in [0.29, 0.717) is 22.9 Å². The summed E-state index contributed by atoms with van der Waals surface area (Å²) in [7, 11) is 0. The minimum Gasteiger partial charge on any atom is -0.346 e. The van der Waals surface area contributed by atoms with Gasteiger partial charge in [0.15, 0.2) is 0 Å². The molecule has 0 aromatic heterocycles. The maximum Gasteiger partial charge on any atom is 0.251 e. The van der Waals surface area contributed by atoms with Crippen LogP contribution in [0.2, 0.25) is 5.02 Å². The van der Waals surface area contributed by atoms with Gasteiger partial charge in [0, 0.05) is 17.1 Å². The van der Waals surface area contributed by atoms with Gasteiger partial charge in [-0.25, -0.2) is 0 Å². The first-order valence-corrected chi connectivity index (χ1v) is 13.2. The SMILES string of the molecule is C[C@@H](NC(=O)c1ccc([C@@H]2SCC(=O)N2Cc2ccc(Cl)cc2)cc1)c1ccc(C(C)(C)C)cc1. The van der Waals surface area contributed by atoms with Gasteiger partial charge in [-0.3, -0.25) is 9.59 Å². The Kier molecular flexibility index (Phi) is 7.58. The van der Waals surface area contributed by atoms with E-state index in [4.69, 9.17) is 11.6 Å². The maximum absolute atomic E-state index is 12.9. The van der Waals surface area contributed by atoms with Crippen LogP contribution in [0.3, 0.4) is 0 Å². The van der Waals surface area contributed by atoms with Crippen molar-refractivity contribution in [2.75, 3.05) is 5.75 Å². The van der Waals surface area contributed by atoms with Gasteiger partial charge in [-0.1, -0.05) is 80.9 Å². The second-order valence-corrected chi connectivity index (χ2v) is 11.5.